The van der Waals surface area contributed by atoms with Crippen LogP contribution in [0.4, 0.5) is 8.78 Å². The van der Waals surface area contributed by atoms with Crippen LogP contribution in [0.1, 0.15) is 11.4 Å². The van der Waals surface area contributed by atoms with E-state index in [9.17, 15) is 13.6 Å². The fourth-order valence-corrected chi connectivity index (χ4v) is 4.61. The summed E-state index contributed by atoms with van der Waals surface area (Å²) in [5.74, 6) is 0.294. The third kappa shape index (κ3) is 3.84. The molecule has 0 aliphatic heterocycles. The van der Waals surface area contributed by atoms with Crippen molar-refractivity contribution in [2.75, 3.05) is 0 Å². The van der Waals surface area contributed by atoms with E-state index in [1.807, 2.05) is 22.9 Å². The van der Waals surface area contributed by atoms with Gasteiger partial charge in [-0.1, -0.05) is 29.8 Å². The second-order valence-electron chi connectivity index (χ2n) is 5.66. The minimum atomic E-state index is -2.88. The van der Waals surface area contributed by atoms with E-state index in [4.69, 9.17) is 11.6 Å². The summed E-state index contributed by atoms with van der Waals surface area (Å²) in [6.07, 6.45) is 1.59. The zero-order valence-electron chi connectivity index (χ0n) is 14.0. The Labute approximate surface area is 170 Å². The number of nitrogens with one attached hydrogen (secondary N) is 1. The molecule has 28 heavy (non-hydrogen) atoms. The molecule has 9 heteroatoms. The molecule has 0 radical (unpaired) electrons. The van der Waals surface area contributed by atoms with Gasteiger partial charge in [0.15, 0.2) is 5.82 Å². The summed E-state index contributed by atoms with van der Waals surface area (Å²) in [4.78, 5) is 21.4. The maximum absolute atomic E-state index is 12.6. The molecule has 3 heterocycles. The number of halogens is 3. The molecule has 0 aliphatic rings. The first-order valence-corrected chi connectivity index (χ1v) is 10.1. The first-order chi connectivity index (χ1) is 13.5. The molecule has 1 aromatic carbocycles. The van der Waals surface area contributed by atoms with Crippen LogP contribution in [0.3, 0.4) is 0 Å². The quantitative estimate of drug-likeness (QED) is 0.414. The number of benzene rings is 1. The number of aromatic amines is 1. The monoisotopic (exact) mass is 436 g/mol. The van der Waals surface area contributed by atoms with Gasteiger partial charge in [-0.3, -0.25) is 4.79 Å². The Morgan fingerprint density at radius 2 is 2.00 bits per heavy atom. The van der Waals surface area contributed by atoms with Gasteiger partial charge in [0.25, 0.3) is 5.56 Å². The van der Waals surface area contributed by atoms with Crippen LogP contribution in [0, 0.1) is 0 Å². The highest BCUT2D eigenvalue weighted by Crippen LogP contribution is 2.34. The summed E-state index contributed by atoms with van der Waals surface area (Å²) in [7, 11) is 0. The Morgan fingerprint density at radius 1 is 1.21 bits per heavy atom. The van der Waals surface area contributed by atoms with Gasteiger partial charge in [0.05, 0.1) is 10.4 Å². The first-order valence-electron chi connectivity index (χ1n) is 7.99. The molecule has 4 rings (SSSR count). The second kappa shape index (κ2) is 7.83. The number of hydrogen-bond donors (Lipinski definition) is 1. The van der Waals surface area contributed by atoms with Crippen molar-refractivity contribution in [2.45, 2.75) is 6.61 Å². The van der Waals surface area contributed by atoms with E-state index >= 15 is 0 Å². The number of fused-ring (bicyclic) bond motifs is 1. The molecule has 4 aromatic rings. The zero-order valence-corrected chi connectivity index (χ0v) is 16.4. The van der Waals surface area contributed by atoms with Gasteiger partial charge in [0, 0.05) is 15.8 Å². The van der Waals surface area contributed by atoms with E-state index < -0.39 is 6.61 Å². The van der Waals surface area contributed by atoms with E-state index in [0.717, 1.165) is 10.4 Å². The van der Waals surface area contributed by atoms with Crippen LogP contribution in [0.2, 0.25) is 0 Å². The molecule has 0 spiro atoms. The van der Waals surface area contributed by atoms with Crippen LogP contribution in [-0.4, -0.2) is 16.6 Å². The summed E-state index contributed by atoms with van der Waals surface area (Å²) < 4.78 is 28.7. The lowest BCUT2D eigenvalue weighted by atomic mass is 10.2. The predicted octanol–water partition coefficient (Wildman–Crippen LogP) is 6.05. The molecule has 0 unspecified atom stereocenters. The van der Waals surface area contributed by atoms with Gasteiger partial charge < -0.3 is 9.72 Å². The Kier molecular flexibility index (Phi) is 5.25. The smallest absolute Gasteiger partial charge is 0.387 e. The molecule has 0 fully saturated rings. The lowest BCUT2D eigenvalue weighted by Crippen LogP contribution is -2.10. The average molecular weight is 437 g/mol. The predicted molar refractivity (Wildman–Crippen MR) is 110 cm³/mol. The highest BCUT2D eigenvalue weighted by molar-refractivity contribution is 7.18. The number of alkyl halides is 2. The lowest BCUT2D eigenvalue weighted by Gasteiger charge is -2.04. The maximum atomic E-state index is 12.6. The van der Waals surface area contributed by atoms with Gasteiger partial charge in [0.1, 0.15) is 10.6 Å². The van der Waals surface area contributed by atoms with Crippen molar-refractivity contribution in [3.05, 3.63) is 68.9 Å². The van der Waals surface area contributed by atoms with Crippen LogP contribution >= 0.6 is 34.3 Å². The molecule has 142 valence electrons. The van der Waals surface area contributed by atoms with Crippen molar-refractivity contribution in [3.63, 3.8) is 0 Å². The molecule has 0 amide bonds. The normalized spacial score (nSPS) is 12.1. The molecule has 0 aliphatic carbocycles. The minimum absolute atomic E-state index is 0.0518. The molecule has 0 bridgehead atoms. The zero-order chi connectivity index (χ0) is 19.7. The Bertz CT molecular complexity index is 1200. The molecule has 4 nitrogen and oxygen atoms in total. The Hall–Kier alpha value is -2.55. The van der Waals surface area contributed by atoms with Crippen LogP contribution in [-0.2, 0) is 0 Å². The number of rotatable bonds is 5. The lowest BCUT2D eigenvalue weighted by molar-refractivity contribution is -0.0498. The van der Waals surface area contributed by atoms with E-state index in [0.29, 0.717) is 15.8 Å². The third-order valence-electron chi connectivity index (χ3n) is 3.86. The number of ether oxygens (including phenoxy) is 1. The fraction of sp³-hybridized carbons (Fsp3) is 0.0526. The number of hydrogen-bond acceptors (Lipinski definition) is 5. The van der Waals surface area contributed by atoms with Gasteiger partial charge in [0.2, 0.25) is 0 Å². The highest BCUT2D eigenvalue weighted by Gasteiger charge is 2.14. The number of aromatic nitrogens is 2. The van der Waals surface area contributed by atoms with Crippen LogP contribution in [0.25, 0.3) is 31.8 Å². The van der Waals surface area contributed by atoms with E-state index in [1.54, 1.807) is 29.5 Å². The van der Waals surface area contributed by atoms with E-state index in [1.165, 1.54) is 23.5 Å². The molecule has 3 aromatic heterocycles. The Balaban J connectivity index is 1.67. The summed E-state index contributed by atoms with van der Waals surface area (Å²) in [5.41, 5.74) is 1.24. The molecular formula is C19H11ClF2N2O2S2. The van der Waals surface area contributed by atoms with Gasteiger partial charge >= 0.3 is 6.61 Å². The first kappa shape index (κ1) is 18.8. The summed E-state index contributed by atoms with van der Waals surface area (Å²) >= 11 is 9.25. The van der Waals surface area contributed by atoms with Crippen molar-refractivity contribution in [3.8, 4) is 16.2 Å². The minimum Gasteiger partial charge on any atom is -0.435 e. The number of nitrogens with zero attached hydrogens (tertiary/aromatic N) is 1. The summed E-state index contributed by atoms with van der Waals surface area (Å²) in [5, 5.41) is 4.62. The SMILES string of the molecule is O=c1[nH]c(/C(Cl)=C/c2ccc(OC(F)F)cc2)nc2scc(-c3cccs3)c12. The molecule has 0 atom stereocenters. The fourth-order valence-electron chi connectivity index (χ4n) is 2.64. The van der Waals surface area contributed by atoms with Gasteiger partial charge in [-0.25, -0.2) is 4.98 Å². The standard InChI is InChI=1S/C19H11ClF2N2O2S2/c20-13(8-10-3-5-11(6-4-10)26-19(21)22)16-23-17(25)15-12(9-28-18(15)24-16)14-2-1-7-27-14/h1-9,19H,(H,23,24,25)/b13-8-. The number of H-pyrrole nitrogens is 1. The van der Waals surface area contributed by atoms with Crippen molar-refractivity contribution >= 4 is 55.6 Å². The average Bonchev–Trinajstić information content (AvgIpc) is 3.32. The van der Waals surface area contributed by atoms with E-state index in [2.05, 4.69) is 14.7 Å². The van der Waals surface area contributed by atoms with Crippen molar-refractivity contribution in [2.24, 2.45) is 0 Å². The highest BCUT2D eigenvalue weighted by atomic mass is 35.5. The van der Waals surface area contributed by atoms with E-state index in [-0.39, 0.29) is 22.2 Å². The molecular weight excluding hydrogens is 426 g/mol. The van der Waals surface area contributed by atoms with Crippen molar-refractivity contribution < 1.29 is 13.5 Å². The third-order valence-corrected chi connectivity index (χ3v) is 5.92. The van der Waals surface area contributed by atoms with Crippen LogP contribution in [0.5, 0.6) is 5.75 Å². The van der Waals surface area contributed by atoms with Crippen LogP contribution < -0.4 is 10.3 Å². The van der Waals surface area contributed by atoms with Crippen LogP contribution in [0.15, 0.2) is 52.0 Å². The number of thiophene rings is 2. The Morgan fingerprint density at radius 3 is 2.68 bits per heavy atom. The van der Waals surface area contributed by atoms with Gasteiger partial charge in [-0.15, -0.1) is 22.7 Å². The van der Waals surface area contributed by atoms with Crippen molar-refractivity contribution in [1.82, 2.24) is 9.97 Å². The van der Waals surface area contributed by atoms with Gasteiger partial charge in [-0.05, 0) is 35.2 Å². The largest absolute Gasteiger partial charge is 0.435 e. The topological polar surface area (TPSA) is 55.0 Å². The second-order valence-corrected chi connectivity index (χ2v) is 7.87. The van der Waals surface area contributed by atoms with Gasteiger partial charge in [-0.2, -0.15) is 8.78 Å². The summed E-state index contributed by atoms with van der Waals surface area (Å²) in [6.45, 7) is -2.88. The molecule has 0 saturated heterocycles. The van der Waals surface area contributed by atoms with Crippen molar-refractivity contribution in [1.29, 1.82) is 0 Å². The molecule has 1 N–H and O–H groups in total. The molecule has 0 saturated carbocycles. The maximum Gasteiger partial charge on any atom is 0.387 e. The summed E-state index contributed by atoms with van der Waals surface area (Å²) in [6, 6.07) is 9.86.